The van der Waals surface area contributed by atoms with Gasteiger partial charge in [0, 0.05) is 17.2 Å². The Morgan fingerprint density at radius 3 is 2.71 bits per heavy atom. The van der Waals surface area contributed by atoms with Gasteiger partial charge in [-0.3, -0.25) is 0 Å². The molecule has 4 nitrogen and oxygen atoms in total. The minimum Gasteiger partial charge on any atom is -0.381 e. The number of hydrogen-bond acceptors (Lipinski definition) is 5. The second kappa shape index (κ2) is 5.03. The molecule has 0 amide bonds. The summed E-state index contributed by atoms with van der Waals surface area (Å²) >= 11 is 12.6. The van der Waals surface area contributed by atoms with Crippen LogP contribution in [0.1, 0.15) is 0 Å². The second-order valence-corrected chi connectivity index (χ2v) is 4.75. The summed E-state index contributed by atoms with van der Waals surface area (Å²) in [6.45, 7) is 0. The van der Waals surface area contributed by atoms with Crippen molar-refractivity contribution in [3.63, 3.8) is 0 Å². The summed E-state index contributed by atoms with van der Waals surface area (Å²) in [5, 5.41) is 0.910. The smallest absolute Gasteiger partial charge is 0.214 e. The van der Waals surface area contributed by atoms with Crippen LogP contribution in [0.4, 0.5) is 10.2 Å². The van der Waals surface area contributed by atoms with E-state index in [1.165, 1.54) is 18.5 Å². The number of hydrogen-bond donors (Lipinski definition) is 1. The van der Waals surface area contributed by atoms with Crippen LogP contribution in [0.15, 0.2) is 28.4 Å². The predicted octanol–water partition coefficient (Wildman–Crippen LogP) is 3.05. The molecule has 88 valence electrons. The molecule has 0 spiro atoms. The third kappa shape index (κ3) is 2.96. The van der Waals surface area contributed by atoms with Gasteiger partial charge in [0.15, 0.2) is 5.82 Å². The minimum atomic E-state index is -0.627. The average molecular weight is 291 g/mol. The zero-order valence-electron chi connectivity index (χ0n) is 8.19. The van der Waals surface area contributed by atoms with Gasteiger partial charge in [0.1, 0.15) is 10.2 Å². The SMILES string of the molecule is Nc1nc(Cl)cnc1Sc1cc(F)ncc1Cl. The van der Waals surface area contributed by atoms with Crippen LogP contribution in [0.3, 0.4) is 0 Å². The van der Waals surface area contributed by atoms with Crippen LogP contribution in [0.25, 0.3) is 0 Å². The highest BCUT2D eigenvalue weighted by atomic mass is 35.5. The molecule has 0 atom stereocenters. The van der Waals surface area contributed by atoms with Crippen LogP contribution in [-0.4, -0.2) is 15.0 Å². The largest absolute Gasteiger partial charge is 0.381 e. The van der Waals surface area contributed by atoms with Gasteiger partial charge < -0.3 is 5.73 Å². The summed E-state index contributed by atoms with van der Waals surface area (Å²) in [5.41, 5.74) is 5.63. The number of pyridine rings is 1. The van der Waals surface area contributed by atoms with Crippen LogP contribution in [0, 0.1) is 5.95 Å². The summed E-state index contributed by atoms with van der Waals surface area (Å²) in [7, 11) is 0. The number of nitrogens with zero attached hydrogens (tertiary/aromatic N) is 3. The molecule has 8 heteroatoms. The monoisotopic (exact) mass is 290 g/mol. The fraction of sp³-hybridized carbons (Fsp3) is 0. The van der Waals surface area contributed by atoms with Crippen LogP contribution in [-0.2, 0) is 0 Å². The number of halogens is 3. The van der Waals surface area contributed by atoms with E-state index in [-0.39, 0.29) is 11.0 Å². The Kier molecular flexibility index (Phi) is 3.66. The lowest BCUT2D eigenvalue weighted by atomic mass is 10.5. The van der Waals surface area contributed by atoms with E-state index in [0.717, 1.165) is 11.8 Å². The Bertz CT molecular complexity index is 567. The van der Waals surface area contributed by atoms with E-state index in [2.05, 4.69) is 15.0 Å². The van der Waals surface area contributed by atoms with Crippen molar-refractivity contribution < 1.29 is 4.39 Å². The van der Waals surface area contributed by atoms with Crippen LogP contribution < -0.4 is 5.73 Å². The first-order chi connectivity index (χ1) is 8.06. The van der Waals surface area contributed by atoms with Gasteiger partial charge in [-0.1, -0.05) is 35.0 Å². The van der Waals surface area contributed by atoms with E-state index in [9.17, 15) is 4.39 Å². The summed E-state index contributed by atoms with van der Waals surface area (Å²) < 4.78 is 12.9. The van der Waals surface area contributed by atoms with Crippen LogP contribution >= 0.6 is 35.0 Å². The molecule has 2 heterocycles. The first kappa shape index (κ1) is 12.3. The van der Waals surface area contributed by atoms with Gasteiger partial charge in [-0.2, -0.15) is 4.39 Å². The average Bonchev–Trinajstić information content (AvgIpc) is 2.27. The molecule has 0 saturated heterocycles. The predicted molar refractivity (Wildman–Crippen MR) is 64.8 cm³/mol. The molecule has 2 N–H and O–H groups in total. The van der Waals surface area contributed by atoms with E-state index >= 15 is 0 Å². The lowest BCUT2D eigenvalue weighted by Crippen LogP contribution is -1.96. The molecule has 0 radical (unpaired) electrons. The van der Waals surface area contributed by atoms with Gasteiger partial charge in [0.25, 0.3) is 0 Å². The van der Waals surface area contributed by atoms with Crippen molar-refractivity contribution in [2.45, 2.75) is 9.92 Å². The van der Waals surface area contributed by atoms with E-state index in [1.807, 2.05) is 0 Å². The molecule has 0 fully saturated rings. The number of nitrogen functional groups attached to an aromatic ring is 1. The van der Waals surface area contributed by atoms with Gasteiger partial charge in [0.2, 0.25) is 5.95 Å². The zero-order valence-corrected chi connectivity index (χ0v) is 10.5. The summed E-state index contributed by atoms with van der Waals surface area (Å²) in [4.78, 5) is 11.7. The topological polar surface area (TPSA) is 64.7 Å². The van der Waals surface area contributed by atoms with Gasteiger partial charge in [-0.05, 0) is 0 Å². The Morgan fingerprint density at radius 2 is 2.00 bits per heavy atom. The fourth-order valence-electron chi connectivity index (χ4n) is 1.03. The van der Waals surface area contributed by atoms with E-state index in [1.54, 1.807) is 0 Å². The molecule has 2 aromatic rings. The summed E-state index contributed by atoms with van der Waals surface area (Å²) in [6.07, 6.45) is 2.57. The molecular formula is C9H5Cl2FN4S. The zero-order chi connectivity index (χ0) is 12.4. The lowest BCUT2D eigenvalue weighted by molar-refractivity contribution is 0.580. The van der Waals surface area contributed by atoms with E-state index < -0.39 is 5.95 Å². The number of aromatic nitrogens is 3. The number of nitrogens with two attached hydrogens (primary N) is 1. The highest BCUT2D eigenvalue weighted by Gasteiger charge is 2.10. The first-order valence-corrected chi connectivity index (χ1v) is 5.90. The van der Waals surface area contributed by atoms with E-state index in [4.69, 9.17) is 28.9 Å². The van der Waals surface area contributed by atoms with Crippen molar-refractivity contribution in [2.75, 3.05) is 5.73 Å². The fourth-order valence-corrected chi connectivity index (χ4v) is 2.16. The molecule has 17 heavy (non-hydrogen) atoms. The number of rotatable bonds is 2. The molecule has 0 bridgehead atoms. The van der Waals surface area contributed by atoms with Gasteiger partial charge in [-0.15, -0.1) is 0 Å². The van der Waals surface area contributed by atoms with Crippen molar-refractivity contribution in [3.05, 3.63) is 34.6 Å². The Hall–Kier alpha value is -1.11. The molecule has 2 rings (SSSR count). The van der Waals surface area contributed by atoms with Crippen molar-refractivity contribution in [1.29, 1.82) is 0 Å². The van der Waals surface area contributed by atoms with E-state index in [0.29, 0.717) is 14.9 Å². The van der Waals surface area contributed by atoms with Crippen molar-refractivity contribution in [1.82, 2.24) is 15.0 Å². The summed E-state index contributed by atoms with van der Waals surface area (Å²) in [5.74, 6) is -0.465. The standard InChI is InChI=1S/C9H5Cl2FN4S/c10-4-2-14-7(12)1-5(4)17-9-8(13)16-6(11)3-15-9/h1-3H,(H2,13,16). The van der Waals surface area contributed by atoms with Crippen molar-refractivity contribution in [3.8, 4) is 0 Å². The number of anilines is 1. The second-order valence-electron chi connectivity index (χ2n) is 2.92. The maximum absolute atomic E-state index is 12.9. The maximum Gasteiger partial charge on any atom is 0.214 e. The Morgan fingerprint density at radius 1 is 1.24 bits per heavy atom. The third-order valence-electron chi connectivity index (χ3n) is 1.73. The molecule has 0 aromatic carbocycles. The third-order valence-corrected chi connectivity index (χ3v) is 3.39. The normalized spacial score (nSPS) is 10.5. The van der Waals surface area contributed by atoms with Gasteiger partial charge in [0.05, 0.1) is 11.2 Å². The van der Waals surface area contributed by atoms with Gasteiger partial charge >= 0.3 is 0 Å². The first-order valence-electron chi connectivity index (χ1n) is 4.33. The molecule has 0 aliphatic carbocycles. The molecule has 0 unspecified atom stereocenters. The Balaban J connectivity index is 2.34. The molecule has 0 aliphatic heterocycles. The highest BCUT2D eigenvalue weighted by Crippen LogP contribution is 2.34. The van der Waals surface area contributed by atoms with Gasteiger partial charge in [-0.25, -0.2) is 15.0 Å². The summed E-state index contributed by atoms with van der Waals surface area (Å²) in [6, 6.07) is 1.20. The van der Waals surface area contributed by atoms with Crippen LogP contribution in [0.2, 0.25) is 10.2 Å². The molecule has 2 aromatic heterocycles. The molecule has 0 aliphatic rings. The minimum absolute atomic E-state index is 0.163. The molecule has 0 saturated carbocycles. The maximum atomic E-state index is 12.9. The Labute approximate surface area is 110 Å². The molecular weight excluding hydrogens is 286 g/mol. The quantitative estimate of drug-likeness (QED) is 0.861. The van der Waals surface area contributed by atoms with Crippen LogP contribution in [0.5, 0.6) is 0 Å². The highest BCUT2D eigenvalue weighted by molar-refractivity contribution is 7.99. The van der Waals surface area contributed by atoms with Crippen molar-refractivity contribution in [2.24, 2.45) is 0 Å². The van der Waals surface area contributed by atoms with Crippen molar-refractivity contribution >= 4 is 40.8 Å². The lowest BCUT2D eigenvalue weighted by Gasteiger charge is -2.05.